The fourth-order valence-corrected chi connectivity index (χ4v) is 2.81. The summed E-state index contributed by atoms with van der Waals surface area (Å²) in [6, 6.07) is 0.0144. The van der Waals surface area contributed by atoms with Crippen molar-refractivity contribution >= 4 is 5.91 Å². The van der Waals surface area contributed by atoms with E-state index in [1.54, 1.807) is 11.8 Å². The van der Waals surface area contributed by atoms with Crippen LogP contribution in [-0.2, 0) is 4.79 Å². The van der Waals surface area contributed by atoms with Crippen molar-refractivity contribution in [1.29, 1.82) is 0 Å². The van der Waals surface area contributed by atoms with E-state index in [0.717, 1.165) is 25.7 Å². The molecule has 0 bridgehead atoms. The van der Waals surface area contributed by atoms with E-state index in [4.69, 9.17) is 5.73 Å². The summed E-state index contributed by atoms with van der Waals surface area (Å²) in [6.07, 6.45) is 5.31. The van der Waals surface area contributed by atoms with Gasteiger partial charge in [-0.3, -0.25) is 4.79 Å². The molecule has 1 amide bonds. The van der Waals surface area contributed by atoms with E-state index in [1.165, 1.54) is 6.42 Å². The fraction of sp³-hybridized carbons (Fsp3) is 0.917. The zero-order valence-electron chi connectivity index (χ0n) is 9.98. The van der Waals surface area contributed by atoms with Crippen molar-refractivity contribution in [3.8, 4) is 0 Å². The molecule has 4 nitrogen and oxygen atoms in total. The molecule has 0 aromatic rings. The van der Waals surface area contributed by atoms with E-state index in [0.29, 0.717) is 13.1 Å². The van der Waals surface area contributed by atoms with Gasteiger partial charge in [-0.2, -0.15) is 0 Å². The van der Waals surface area contributed by atoms with Crippen molar-refractivity contribution in [2.75, 3.05) is 13.1 Å². The van der Waals surface area contributed by atoms with Crippen LogP contribution in [0.25, 0.3) is 0 Å². The number of carbonyl (C=O) groups excluding carboxylic acids is 1. The predicted octanol–water partition coefficient (Wildman–Crippen LogP) is 0.487. The average Bonchev–Trinajstić information content (AvgIpc) is 2.38. The Morgan fingerprint density at radius 2 is 1.94 bits per heavy atom. The van der Waals surface area contributed by atoms with Crippen molar-refractivity contribution in [2.45, 2.75) is 50.7 Å². The van der Waals surface area contributed by atoms with Crippen molar-refractivity contribution in [3.05, 3.63) is 0 Å². The van der Waals surface area contributed by atoms with Crippen LogP contribution < -0.4 is 5.73 Å². The Kier molecular flexibility index (Phi) is 3.22. The lowest BCUT2D eigenvalue weighted by Gasteiger charge is -2.46. The number of hydrogen-bond acceptors (Lipinski definition) is 3. The maximum Gasteiger partial charge on any atom is 0.227 e. The number of hydrogen-bond donors (Lipinski definition) is 2. The first-order chi connectivity index (χ1) is 7.49. The normalized spacial score (nSPS) is 34.1. The number of β-amino-alcohol motifs (C(OH)–C–C–N with tert-alkyl or cyclic N) is 1. The second-order valence-electron chi connectivity index (χ2n) is 5.60. The second-order valence-corrected chi connectivity index (χ2v) is 5.60. The number of nitrogens with zero attached hydrogens (tertiary/aromatic N) is 1. The van der Waals surface area contributed by atoms with E-state index >= 15 is 0 Å². The van der Waals surface area contributed by atoms with E-state index in [9.17, 15) is 9.90 Å². The van der Waals surface area contributed by atoms with E-state index < -0.39 is 5.60 Å². The topological polar surface area (TPSA) is 66.6 Å². The molecule has 2 rings (SSSR count). The van der Waals surface area contributed by atoms with Crippen LogP contribution in [0.3, 0.4) is 0 Å². The minimum atomic E-state index is -0.676. The summed E-state index contributed by atoms with van der Waals surface area (Å²) in [6.45, 7) is 2.70. The lowest BCUT2D eigenvalue weighted by atomic mass is 9.89. The van der Waals surface area contributed by atoms with Crippen LogP contribution >= 0.6 is 0 Å². The van der Waals surface area contributed by atoms with Gasteiger partial charge in [-0.15, -0.1) is 0 Å². The third-order valence-electron chi connectivity index (χ3n) is 3.76. The van der Waals surface area contributed by atoms with Crippen LogP contribution in [0.5, 0.6) is 0 Å². The van der Waals surface area contributed by atoms with Gasteiger partial charge in [-0.1, -0.05) is 19.3 Å². The van der Waals surface area contributed by atoms with Gasteiger partial charge < -0.3 is 15.7 Å². The molecular formula is C12H22N2O2. The molecule has 92 valence electrons. The summed E-state index contributed by atoms with van der Waals surface area (Å²) in [5, 5.41) is 9.63. The molecule has 2 atom stereocenters. The van der Waals surface area contributed by atoms with Crippen LogP contribution in [0.1, 0.15) is 39.0 Å². The SMILES string of the molecule is CC1(O)CN(C(=O)C2CCCCCC2N)C1. The van der Waals surface area contributed by atoms with Crippen LogP contribution in [0.2, 0.25) is 0 Å². The van der Waals surface area contributed by atoms with Crippen LogP contribution in [-0.4, -0.2) is 40.6 Å². The number of likely N-dealkylation sites (tertiary alicyclic amines) is 1. The molecule has 1 saturated carbocycles. The number of nitrogens with two attached hydrogens (primary N) is 1. The van der Waals surface area contributed by atoms with Crippen LogP contribution in [0.4, 0.5) is 0 Å². The Balaban J connectivity index is 1.93. The standard InChI is InChI=1S/C12H22N2O2/c1-12(16)7-14(8-12)11(15)9-5-3-2-4-6-10(9)13/h9-10,16H,2-8,13H2,1H3. The van der Waals surface area contributed by atoms with E-state index in [-0.39, 0.29) is 17.9 Å². The van der Waals surface area contributed by atoms with Crippen LogP contribution in [0, 0.1) is 5.92 Å². The molecule has 2 aliphatic rings. The van der Waals surface area contributed by atoms with Gasteiger partial charge in [-0.25, -0.2) is 0 Å². The number of amides is 1. The largest absolute Gasteiger partial charge is 0.386 e. The monoisotopic (exact) mass is 226 g/mol. The Hall–Kier alpha value is -0.610. The zero-order valence-corrected chi connectivity index (χ0v) is 9.98. The third kappa shape index (κ3) is 2.38. The highest BCUT2D eigenvalue weighted by Gasteiger charge is 2.42. The molecule has 16 heavy (non-hydrogen) atoms. The highest BCUT2D eigenvalue weighted by molar-refractivity contribution is 5.80. The van der Waals surface area contributed by atoms with Gasteiger partial charge >= 0.3 is 0 Å². The average molecular weight is 226 g/mol. The second kappa shape index (κ2) is 4.34. The van der Waals surface area contributed by atoms with Crippen LogP contribution in [0.15, 0.2) is 0 Å². The summed E-state index contributed by atoms with van der Waals surface area (Å²) < 4.78 is 0. The number of aliphatic hydroxyl groups is 1. The van der Waals surface area contributed by atoms with Gasteiger partial charge in [0.25, 0.3) is 0 Å². The van der Waals surface area contributed by atoms with Crippen molar-refractivity contribution < 1.29 is 9.90 Å². The van der Waals surface area contributed by atoms with E-state index in [1.807, 2.05) is 0 Å². The molecule has 4 heteroatoms. The van der Waals surface area contributed by atoms with Gasteiger partial charge in [0.15, 0.2) is 0 Å². The zero-order chi connectivity index (χ0) is 11.8. The summed E-state index contributed by atoms with van der Waals surface area (Å²) in [4.78, 5) is 13.9. The molecular weight excluding hydrogens is 204 g/mol. The quantitative estimate of drug-likeness (QED) is 0.639. The molecule has 1 aliphatic heterocycles. The Labute approximate surface area is 96.8 Å². The van der Waals surface area contributed by atoms with Crippen molar-refractivity contribution in [1.82, 2.24) is 4.90 Å². The summed E-state index contributed by atoms with van der Waals surface area (Å²) in [5.41, 5.74) is 5.38. The molecule has 1 aliphatic carbocycles. The molecule has 0 spiro atoms. The first-order valence-corrected chi connectivity index (χ1v) is 6.26. The molecule has 0 aromatic heterocycles. The fourth-order valence-electron chi connectivity index (χ4n) is 2.81. The van der Waals surface area contributed by atoms with Crippen molar-refractivity contribution in [2.24, 2.45) is 11.7 Å². The number of carbonyl (C=O) groups is 1. The molecule has 0 aromatic carbocycles. The van der Waals surface area contributed by atoms with Crippen molar-refractivity contribution in [3.63, 3.8) is 0 Å². The maximum absolute atomic E-state index is 12.2. The Morgan fingerprint density at radius 1 is 1.31 bits per heavy atom. The van der Waals surface area contributed by atoms with Gasteiger partial charge in [0.1, 0.15) is 0 Å². The van der Waals surface area contributed by atoms with Gasteiger partial charge in [0, 0.05) is 6.04 Å². The summed E-state index contributed by atoms with van der Waals surface area (Å²) in [7, 11) is 0. The summed E-state index contributed by atoms with van der Waals surface area (Å²) in [5.74, 6) is 0.138. The first kappa shape index (κ1) is 11.9. The van der Waals surface area contributed by atoms with Gasteiger partial charge in [0.05, 0.1) is 24.6 Å². The lowest BCUT2D eigenvalue weighted by Crippen LogP contribution is -2.63. The highest BCUT2D eigenvalue weighted by atomic mass is 16.3. The minimum absolute atomic E-state index is 0.0144. The summed E-state index contributed by atoms with van der Waals surface area (Å²) >= 11 is 0. The molecule has 0 radical (unpaired) electrons. The Bertz CT molecular complexity index is 270. The smallest absolute Gasteiger partial charge is 0.227 e. The van der Waals surface area contributed by atoms with E-state index in [2.05, 4.69) is 0 Å². The first-order valence-electron chi connectivity index (χ1n) is 6.26. The Morgan fingerprint density at radius 3 is 2.56 bits per heavy atom. The van der Waals surface area contributed by atoms with Gasteiger partial charge in [0.2, 0.25) is 5.91 Å². The van der Waals surface area contributed by atoms with Gasteiger partial charge in [-0.05, 0) is 19.8 Å². The molecule has 3 N–H and O–H groups in total. The lowest BCUT2D eigenvalue weighted by molar-refractivity contribution is -0.157. The third-order valence-corrected chi connectivity index (χ3v) is 3.76. The molecule has 1 saturated heterocycles. The minimum Gasteiger partial charge on any atom is -0.386 e. The maximum atomic E-state index is 12.2. The predicted molar refractivity (Wildman–Crippen MR) is 61.8 cm³/mol. The molecule has 1 heterocycles. The molecule has 2 fully saturated rings. The highest BCUT2D eigenvalue weighted by Crippen LogP contribution is 2.28. The molecule has 2 unspecified atom stereocenters. The number of rotatable bonds is 1.